The number of nitrogens with one attached hydrogen (secondary N) is 1. The van der Waals surface area contributed by atoms with Gasteiger partial charge in [0.2, 0.25) is 0 Å². The quantitative estimate of drug-likeness (QED) is 0.650. The lowest BCUT2D eigenvalue weighted by Gasteiger charge is -2.21. The summed E-state index contributed by atoms with van der Waals surface area (Å²) in [6, 6.07) is 15.0. The minimum Gasteiger partial charge on any atom is -0.480 e. The summed E-state index contributed by atoms with van der Waals surface area (Å²) in [6.07, 6.45) is 3.12. The minimum absolute atomic E-state index is 0.0572. The van der Waals surface area contributed by atoms with Gasteiger partial charge in [0.15, 0.2) is 6.10 Å². The summed E-state index contributed by atoms with van der Waals surface area (Å²) in [5.74, 6) is 1.000. The highest BCUT2D eigenvalue weighted by molar-refractivity contribution is 5.97. The van der Waals surface area contributed by atoms with Gasteiger partial charge in [0.25, 0.3) is 11.8 Å². The zero-order valence-electron chi connectivity index (χ0n) is 18.2. The Bertz CT molecular complexity index is 857. The highest BCUT2D eigenvalue weighted by Gasteiger charge is 2.22. The molecule has 2 aromatic carbocycles. The van der Waals surface area contributed by atoms with Gasteiger partial charge >= 0.3 is 0 Å². The average Bonchev–Trinajstić information content (AvgIpc) is 3.32. The Morgan fingerprint density at radius 2 is 1.67 bits per heavy atom. The molecule has 0 spiro atoms. The normalized spacial score (nSPS) is 15.5. The molecule has 30 heavy (non-hydrogen) atoms. The van der Waals surface area contributed by atoms with E-state index in [1.807, 2.05) is 30.0 Å². The predicted molar refractivity (Wildman–Crippen MR) is 120 cm³/mol. The Morgan fingerprint density at radius 3 is 2.30 bits per heavy atom. The highest BCUT2D eigenvalue weighted by atomic mass is 16.5. The molecule has 1 aliphatic rings. The second kappa shape index (κ2) is 10.3. The van der Waals surface area contributed by atoms with Crippen molar-refractivity contribution in [2.24, 2.45) is 0 Å². The number of para-hydroxylation sites is 1. The van der Waals surface area contributed by atoms with Crippen LogP contribution in [0.3, 0.4) is 0 Å². The molecule has 160 valence electrons. The van der Waals surface area contributed by atoms with Gasteiger partial charge < -0.3 is 15.0 Å². The molecular weight excluding hydrogens is 376 g/mol. The third-order valence-corrected chi connectivity index (χ3v) is 5.79. The van der Waals surface area contributed by atoms with E-state index in [4.69, 9.17) is 4.74 Å². The maximum Gasteiger partial charge on any atom is 0.265 e. The molecule has 1 aliphatic heterocycles. The summed E-state index contributed by atoms with van der Waals surface area (Å²) in [6.45, 7) is 7.89. The number of likely N-dealkylation sites (tertiary alicyclic amines) is 1. The van der Waals surface area contributed by atoms with E-state index in [2.05, 4.69) is 25.2 Å². The van der Waals surface area contributed by atoms with Crippen molar-refractivity contribution in [3.63, 3.8) is 0 Å². The first-order chi connectivity index (χ1) is 14.5. The van der Waals surface area contributed by atoms with Gasteiger partial charge in [-0.25, -0.2) is 0 Å². The third-order valence-electron chi connectivity index (χ3n) is 5.79. The van der Waals surface area contributed by atoms with Crippen LogP contribution in [0.1, 0.15) is 68.3 Å². The molecule has 3 rings (SSSR count). The van der Waals surface area contributed by atoms with E-state index in [1.54, 1.807) is 24.3 Å². The van der Waals surface area contributed by atoms with Crippen LogP contribution in [-0.4, -0.2) is 35.9 Å². The minimum atomic E-state index is -0.582. The first-order valence-corrected chi connectivity index (χ1v) is 11.0. The Balaban J connectivity index is 1.65. The Kier molecular flexibility index (Phi) is 7.50. The SMILES string of the molecule is CCC(Oc1ccccc1C(C)CC)C(=O)Nc1ccc(C(=O)N2CCCC2)cc1. The van der Waals surface area contributed by atoms with E-state index in [1.165, 1.54) is 0 Å². The number of nitrogens with zero attached hydrogens (tertiary/aromatic N) is 1. The molecule has 1 N–H and O–H groups in total. The van der Waals surface area contributed by atoms with Gasteiger partial charge in [-0.05, 0) is 67.5 Å². The molecule has 0 aromatic heterocycles. The lowest BCUT2D eigenvalue weighted by atomic mass is 9.98. The first kappa shape index (κ1) is 21.9. The number of benzene rings is 2. The van der Waals surface area contributed by atoms with Crippen LogP contribution in [0.4, 0.5) is 5.69 Å². The first-order valence-electron chi connectivity index (χ1n) is 11.0. The van der Waals surface area contributed by atoms with Gasteiger partial charge in [-0.15, -0.1) is 0 Å². The fourth-order valence-corrected chi connectivity index (χ4v) is 3.71. The molecule has 0 bridgehead atoms. The number of hydrogen-bond acceptors (Lipinski definition) is 3. The molecule has 0 saturated carbocycles. The number of rotatable bonds is 8. The monoisotopic (exact) mass is 408 g/mol. The third kappa shape index (κ3) is 5.21. The van der Waals surface area contributed by atoms with Crippen molar-refractivity contribution < 1.29 is 14.3 Å². The van der Waals surface area contributed by atoms with Crippen LogP contribution >= 0.6 is 0 Å². The summed E-state index contributed by atoms with van der Waals surface area (Å²) in [4.78, 5) is 27.2. The van der Waals surface area contributed by atoms with Crippen molar-refractivity contribution in [1.29, 1.82) is 0 Å². The molecule has 2 aromatic rings. The van der Waals surface area contributed by atoms with Crippen LogP contribution in [0.15, 0.2) is 48.5 Å². The zero-order chi connectivity index (χ0) is 21.5. The van der Waals surface area contributed by atoms with Gasteiger partial charge in [0, 0.05) is 24.3 Å². The van der Waals surface area contributed by atoms with Crippen LogP contribution in [0.5, 0.6) is 5.75 Å². The molecule has 2 amide bonds. The van der Waals surface area contributed by atoms with Gasteiger partial charge in [0.1, 0.15) is 5.75 Å². The molecule has 1 heterocycles. The standard InChI is InChI=1S/C25H32N2O3/c1-4-18(3)21-10-6-7-11-23(21)30-22(5-2)24(28)26-20-14-12-19(13-15-20)25(29)27-16-8-9-17-27/h6-7,10-15,18,22H,4-5,8-9,16-17H2,1-3H3,(H,26,28). The molecule has 2 atom stereocenters. The number of amides is 2. The summed E-state index contributed by atoms with van der Waals surface area (Å²) < 4.78 is 6.11. The average molecular weight is 409 g/mol. The summed E-state index contributed by atoms with van der Waals surface area (Å²) in [5, 5.41) is 2.92. The van der Waals surface area contributed by atoms with Crippen molar-refractivity contribution in [2.75, 3.05) is 18.4 Å². The van der Waals surface area contributed by atoms with Gasteiger partial charge in [-0.3, -0.25) is 9.59 Å². The van der Waals surface area contributed by atoms with E-state index in [0.717, 1.165) is 43.7 Å². The van der Waals surface area contributed by atoms with Crippen molar-refractivity contribution in [1.82, 2.24) is 4.90 Å². The molecule has 0 aliphatic carbocycles. The number of hydrogen-bond donors (Lipinski definition) is 1. The topological polar surface area (TPSA) is 58.6 Å². The van der Waals surface area contributed by atoms with E-state index in [-0.39, 0.29) is 11.8 Å². The number of carbonyl (C=O) groups excluding carboxylic acids is 2. The fourth-order valence-electron chi connectivity index (χ4n) is 3.71. The molecule has 2 unspecified atom stereocenters. The van der Waals surface area contributed by atoms with Crippen molar-refractivity contribution in [2.45, 2.75) is 58.5 Å². The molecule has 0 radical (unpaired) electrons. The van der Waals surface area contributed by atoms with Gasteiger partial charge in [-0.2, -0.15) is 0 Å². The Labute approximate surface area is 179 Å². The maximum atomic E-state index is 12.8. The summed E-state index contributed by atoms with van der Waals surface area (Å²) in [5.41, 5.74) is 2.44. The highest BCUT2D eigenvalue weighted by Crippen LogP contribution is 2.29. The van der Waals surface area contributed by atoms with Crippen LogP contribution in [0.2, 0.25) is 0 Å². The zero-order valence-corrected chi connectivity index (χ0v) is 18.2. The van der Waals surface area contributed by atoms with Crippen molar-refractivity contribution in [3.05, 3.63) is 59.7 Å². The molecular formula is C25H32N2O3. The lowest BCUT2D eigenvalue weighted by Crippen LogP contribution is -2.32. The smallest absolute Gasteiger partial charge is 0.265 e. The van der Waals surface area contributed by atoms with Crippen LogP contribution < -0.4 is 10.1 Å². The van der Waals surface area contributed by atoms with Crippen molar-refractivity contribution in [3.8, 4) is 5.75 Å². The second-order valence-corrected chi connectivity index (χ2v) is 7.93. The van der Waals surface area contributed by atoms with E-state index in [0.29, 0.717) is 23.6 Å². The molecule has 5 nitrogen and oxygen atoms in total. The maximum absolute atomic E-state index is 12.8. The van der Waals surface area contributed by atoms with Crippen molar-refractivity contribution >= 4 is 17.5 Å². The Hall–Kier alpha value is -2.82. The van der Waals surface area contributed by atoms with E-state index >= 15 is 0 Å². The second-order valence-electron chi connectivity index (χ2n) is 7.93. The van der Waals surface area contributed by atoms with E-state index in [9.17, 15) is 9.59 Å². The lowest BCUT2D eigenvalue weighted by molar-refractivity contribution is -0.122. The van der Waals surface area contributed by atoms with Gasteiger partial charge in [-0.1, -0.05) is 39.0 Å². The number of ether oxygens (including phenoxy) is 1. The Morgan fingerprint density at radius 1 is 1.00 bits per heavy atom. The molecule has 1 saturated heterocycles. The predicted octanol–water partition coefficient (Wildman–Crippen LogP) is 5.23. The largest absolute Gasteiger partial charge is 0.480 e. The van der Waals surface area contributed by atoms with E-state index < -0.39 is 6.10 Å². The molecule has 5 heteroatoms. The number of anilines is 1. The van der Waals surface area contributed by atoms with Crippen LogP contribution in [-0.2, 0) is 4.79 Å². The fraction of sp³-hybridized carbons (Fsp3) is 0.440. The van der Waals surface area contributed by atoms with Gasteiger partial charge in [0.05, 0.1) is 0 Å². The number of carbonyl (C=O) groups is 2. The summed E-state index contributed by atoms with van der Waals surface area (Å²) in [7, 11) is 0. The molecule has 1 fully saturated rings. The summed E-state index contributed by atoms with van der Waals surface area (Å²) >= 11 is 0. The van der Waals surface area contributed by atoms with Crippen LogP contribution in [0.25, 0.3) is 0 Å². The van der Waals surface area contributed by atoms with Crippen LogP contribution in [0, 0.1) is 0 Å².